The van der Waals surface area contributed by atoms with Crippen molar-refractivity contribution < 1.29 is 41.0 Å². The Kier molecular flexibility index (Phi) is 9.55. The number of nitrogens with zero attached hydrogens (tertiary/aromatic N) is 3. The van der Waals surface area contributed by atoms with Crippen molar-refractivity contribution >= 4 is 40.1 Å². The molecule has 47 heavy (non-hydrogen) atoms. The maximum atomic E-state index is 15.2. The first kappa shape index (κ1) is 33.8. The molecule has 248 valence electrons. The van der Waals surface area contributed by atoms with Crippen molar-refractivity contribution in [2.75, 3.05) is 31.8 Å². The number of amides is 1. The van der Waals surface area contributed by atoms with Crippen LogP contribution in [0.5, 0.6) is 0 Å². The first-order valence-corrected chi connectivity index (χ1v) is 14.6. The first-order chi connectivity index (χ1) is 22.2. The molecule has 3 heterocycles. The molecule has 1 aliphatic rings. The summed E-state index contributed by atoms with van der Waals surface area (Å²) >= 11 is 6.36. The van der Waals surface area contributed by atoms with Gasteiger partial charge in [-0.05, 0) is 36.2 Å². The largest absolute Gasteiger partial charge is 0.467 e. The van der Waals surface area contributed by atoms with E-state index >= 15 is 8.78 Å². The number of hydrogen-bond donors (Lipinski definition) is 1. The Labute approximate surface area is 269 Å². The van der Waals surface area contributed by atoms with E-state index in [-0.39, 0.29) is 25.1 Å². The van der Waals surface area contributed by atoms with Crippen LogP contribution in [0.4, 0.5) is 27.6 Å². The van der Waals surface area contributed by atoms with Gasteiger partial charge >= 0.3 is 12.1 Å². The van der Waals surface area contributed by atoms with Gasteiger partial charge in [-0.15, -0.1) is 0 Å². The van der Waals surface area contributed by atoms with Gasteiger partial charge in [0.1, 0.15) is 29.3 Å². The SMILES string of the molecule is COC(=O)[C@H](Cc1ccc(-c2c(C)c(Cl)cn(C)c2=O)c2ncccc12)NC(=O)c1c(F)cc(N2CCOC[C@@H]2C(F)(F)F)cc1F. The van der Waals surface area contributed by atoms with Crippen LogP contribution in [-0.2, 0) is 27.7 Å². The molecule has 2 aromatic heterocycles. The van der Waals surface area contributed by atoms with Crippen molar-refractivity contribution in [3.05, 3.63) is 92.5 Å². The Morgan fingerprint density at radius 1 is 1.19 bits per heavy atom. The Hall–Kier alpha value is -4.56. The van der Waals surface area contributed by atoms with E-state index in [2.05, 4.69) is 10.3 Å². The zero-order chi connectivity index (χ0) is 34.2. The van der Waals surface area contributed by atoms with Crippen molar-refractivity contribution in [3.8, 4) is 11.1 Å². The molecule has 2 atom stereocenters. The number of pyridine rings is 2. The van der Waals surface area contributed by atoms with Crippen LogP contribution in [0.3, 0.4) is 0 Å². The monoisotopic (exact) mass is 678 g/mol. The van der Waals surface area contributed by atoms with Gasteiger partial charge in [-0.2, -0.15) is 13.2 Å². The normalized spacial score (nSPS) is 15.9. The number of benzene rings is 2. The second-order valence-corrected chi connectivity index (χ2v) is 11.3. The predicted octanol–water partition coefficient (Wildman–Crippen LogP) is 5.12. The fourth-order valence-corrected chi connectivity index (χ4v) is 5.86. The van der Waals surface area contributed by atoms with Crippen molar-refractivity contribution in [2.45, 2.75) is 31.6 Å². The van der Waals surface area contributed by atoms with Gasteiger partial charge in [0.15, 0.2) is 0 Å². The quantitative estimate of drug-likeness (QED) is 0.214. The number of aryl methyl sites for hydroxylation is 1. The molecule has 1 saturated heterocycles. The minimum atomic E-state index is -4.74. The van der Waals surface area contributed by atoms with E-state index in [0.717, 1.165) is 12.0 Å². The highest BCUT2D eigenvalue weighted by Gasteiger charge is 2.46. The summed E-state index contributed by atoms with van der Waals surface area (Å²) in [6.07, 6.45) is -1.94. The van der Waals surface area contributed by atoms with E-state index in [1.165, 1.54) is 17.0 Å². The number of hydrogen-bond acceptors (Lipinski definition) is 7. The third-order valence-electron chi connectivity index (χ3n) is 8.01. The lowest BCUT2D eigenvalue weighted by Gasteiger charge is -2.38. The molecule has 9 nitrogen and oxygen atoms in total. The number of esters is 1. The summed E-state index contributed by atoms with van der Waals surface area (Å²) in [5, 5.41) is 3.17. The van der Waals surface area contributed by atoms with Crippen molar-refractivity contribution in [1.29, 1.82) is 0 Å². The van der Waals surface area contributed by atoms with Crippen LogP contribution in [0.25, 0.3) is 22.0 Å². The minimum Gasteiger partial charge on any atom is -0.467 e. The van der Waals surface area contributed by atoms with Crippen LogP contribution in [-0.4, -0.2) is 66.6 Å². The summed E-state index contributed by atoms with van der Waals surface area (Å²) in [7, 11) is 2.63. The third kappa shape index (κ3) is 6.65. The van der Waals surface area contributed by atoms with Gasteiger partial charge in [0.25, 0.3) is 11.5 Å². The number of anilines is 1. The smallest absolute Gasteiger partial charge is 0.411 e. The van der Waals surface area contributed by atoms with Crippen LogP contribution in [0.15, 0.2) is 53.6 Å². The van der Waals surface area contributed by atoms with Gasteiger partial charge in [-0.3, -0.25) is 14.6 Å². The van der Waals surface area contributed by atoms with Gasteiger partial charge < -0.3 is 24.3 Å². The molecule has 2 aromatic carbocycles. The van der Waals surface area contributed by atoms with Crippen LogP contribution >= 0.6 is 11.6 Å². The maximum Gasteiger partial charge on any atom is 0.411 e. The van der Waals surface area contributed by atoms with E-state index in [1.54, 1.807) is 38.2 Å². The molecule has 1 amide bonds. The molecule has 1 aliphatic heterocycles. The zero-order valence-corrected chi connectivity index (χ0v) is 26.0. The number of morpholine rings is 1. The molecular formula is C32H28ClF5N4O5. The number of halogens is 6. The highest BCUT2D eigenvalue weighted by atomic mass is 35.5. The minimum absolute atomic E-state index is 0.0978. The molecule has 0 radical (unpaired) electrons. The Bertz CT molecular complexity index is 1910. The van der Waals surface area contributed by atoms with E-state index < -0.39 is 59.6 Å². The molecule has 0 saturated carbocycles. The van der Waals surface area contributed by atoms with Crippen LogP contribution < -0.4 is 15.8 Å². The van der Waals surface area contributed by atoms with Crippen molar-refractivity contribution in [3.63, 3.8) is 0 Å². The molecule has 15 heteroatoms. The summed E-state index contributed by atoms with van der Waals surface area (Å²) < 4.78 is 82.2. The summed E-state index contributed by atoms with van der Waals surface area (Å²) in [5.74, 6) is -5.11. The van der Waals surface area contributed by atoms with Crippen molar-refractivity contribution in [2.24, 2.45) is 7.05 Å². The predicted molar refractivity (Wildman–Crippen MR) is 164 cm³/mol. The third-order valence-corrected chi connectivity index (χ3v) is 8.39. The fraction of sp³-hybridized carbons (Fsp3) is 0.312. The van der Waals surface area contributed by atoms with Gasteiger partial charge in [-0.25, -0.2) is 13.6 Å². The lowest BCUT2D eigenvalue weighted by molar-refractivity contribution is -0.167. The highest BCUT2D eigenvalue weighted by molar-refractivity contribution is 6.31. The lowest BCUT2D eigenvalue weighted by atomic mass is 9.94. The van der Waals surface area contributed by atoms with Crippen LogP contribution in [0.2, 0.25) is 5.02 Å². The highest BCUT2D eigenvalue weighted by Crippen LogP contribution is 2.34. The van der Waals surface area contributed by atoms with Gasteiger partial charge in [0, 0.05) is 49.0 Å². The average Bonchev–Trinajstić information content (AvgIpc) is 3.03. The number of nitrogens with one attached hydrogen (secondary N) is 1. The molecule has 0 unspecified atom stereocenters. The summed E-state index contributed by atoms with van der Waals surface area (Å²) in [4.78, 5) is 44.3. The number of ether oxygens (including phenoxy) is 2. The van der Waals surface area contributed by atoms with Crippen LogP contribution in [0.1, 0.15) is 21.5 Å². The molecule has 4 aromatic rings. The molecular weight excluding hydrogens is 651 g/mol. The molecule has 0 aliphatic carbocycles. The number of fused-ring (bicyclic) bond motifs is 1. The number of carbonyl (C=O) groups is 2. The Morgan fingerprint density at radius 2 is 1.89 bits per heavy atom. The molecule has 1 fully saturated rings. The average molecular weight is 679 g/mol. The molecule has 5 rings (SSSR count). The summed E-state index contributed by atoms with van der Waals surface area (Å²) in [6, 6.07) is 4.25. The first-order valence-electron chi connectivity index (χ1n) is 14.2. The van der Waals surface area contributed by atoms with E-state index in [1.807, 2.05) is 0 Å². The number of carbonyl (C=O) groups excluding carboxylic acids is 2. The number of rotatable bonds is 7. The maximum absolute atomic E-state index is 15.2. The number of alkyl halides is 3. The second kappa shape index (κ2) is 13.3. The molecule has 1 N–H and O–H groups in total. The van der Waals surface area contributed by atoms with E-state index in [0.29, 0.717) is 50.3 Å². The standard InChI is InChI=1S/C32H28ClF5N4O5/c1-16-21(33)14-41(2)30(44)26(16)20-7-6-17(19-5-4-8-39-28(19)20)11-24(31(45)46-3)40-29(43)27-22(34)12-18(13-23(27)35)42-9-10-47-15-25(42)32(36,37)38/h4-8,12-14,24-25H,9-11,15H2,1-3H3,(H,40,43)/t24-,25+/m0/s1. The van der Waals surface area contributed by atoms with Crippen LogP contribution in [0, 0.1) is 18.6 Å². The summed E-state index contributed by atoms with van der Waals surface area (Å²) in [5.41, 5.74) is 0.378. The van der Waals surface area contributed by atoms with Gasteiger partial charge in [-0.1, -0.05) is 29.8 Å². The van der Waals surface area contributed by atoms with Crippen molar-refractivity contribution in [1.82, 2.24) is 14.9 Å². The number of aromatic nitrogens is 2. The Balaban J connectivity index is 1.47. The zero-order valence-electron chi connectivity index (χ0n) is 25.3. The Morgan fingerprint density at radius 3 is 2.55 bits per heavy atom. The van der Waals surface area contributed by atoms with Gasteiger partial charge in [0.05, 0.1) is 36.4 Å². The second-order valence-electron chi connectivity index (χ2n) is 10.9. The number of methoxy groups -OCH3 is 1. The summed E-state index contributed by atoms with van der Waals surface area (Å²) in [6.45, 7) is 0.590. The fourth-order valence-electron chi connectivity index (χ4n) is 5.62. The van der Waals surface area contributed by atoms with Gasteiger partial charge in [0.2, 0.25) is 0 Å². The molecule has 0 spiro atoms. The molecule has 0 bridgehead atoms. The van der Waals surface area contributed by atoms with E-state index in [9.17, 15) is 27.6 Å². The topological polar surface area (TPSA) is 103 Å². The van der Waals surface area contributed by atoms with E-state index in [4.69, 9.17) is 21.1 Å². The lowest BCUT2D eigenvalue weighted by Crippen LogP contribution is -2.53.